The highest BCUT2D eigenvalue weighted by Crippen LogP contribution is 2.20. The lowest BCUT2D eigenvalue weighted by Crippen LogP contribution is -2.46. The van der Waals surface area contributed by atoms with Crippen LogP contribution in [-0.2, 0) is 11.3 Å². The highest BCUT2D eigenvalue weighted by atomic mass is 32.1. The zero-order chi connectivity index (χ0) is 13.7. The number of thiophene rings is 1. The first-order chi connectivity index (χ1) is 9.17. The van der Waals surface area contributed by atoms with Crippen molar-refractivity contribution in [3.05, 3.63) is 29.3 Å². The summed E-state index contributed by atoms with van der Waals surface area (Å²) in [4.78, 5) is 4.42. The molecule has 2 rings (SSSR count). The standard InChI is InChI=1S/C14H20N2O2S/c1-14(4-5-17,10-18-2)16-9-11-7-13-12(15-8-11)3-6-19-13/h3,6-8,16-17H,4-5,9-10H2,1-2H3. The maximum absolute atomic E-state index is 9.13. The van der Waals surface area contributed by atoms with Crippen LogP contribution in [-0.4, -0.2) is 36.0 Å². The topological polar surface area (TPSA) is 54.4 Å². The van der Waals surface area contributed by atoms with E-state index in [-0.39, 0.29) is 12.1 Å². The van der Waals surface area contributed by atoms with Gasteiger partial charge < -0.3 is 15.2 Å². The SMILES string of the molecule is COCC(C)(CCO)NCc1cnc2ccsc2c1. The average Bonchev–Trinajstić information content (AvgIpc) is 2.84. The Bertz CT molecular complexity index is 521. The number of methoxy groups -OCH3 is 1. The van der Waals surface area contributed by atoms with Crippen LogP contribution in [0, 0.1) is 0 Å². The molecular formula is C14H20N2O2S. The van der Waals surface area contributed by atoms with Crippen LogP contribution in [0.2, 0.25) is 0 Å². The zero-order valence-corrected chi connectivity index (χ0v) is 12.2. The van der Waals surface area contributed by atoms with E-state index in [0.29, 0.717) is 13.0 Å². The summed E-state index contributed by atoms with van der Waals surface area (Å²) in [7, 11) is 1.68. The molecule has 5 heteroatoms. The van der Waals surface area contributed by atoms with Crippen LogP contribution in [0.3, 0.4) is 0 Å². The average molecular weight is 280 g/mol. The summed E-state index contributed by atoms with van der Waals surface area (Å²) in [6.45, 7) is 3.50. The van der Waals surface area contributed by atoms with E-state index in [1.807, 2.05) is 12.3 Å². The van der Waals surface area contributed by atoms with Gasteiger partial charge in [-0.15, -0.1) is 11.3 Å². The lowest BCUT2D eigenvalue weighted by atomic mass is 9.99. The minimum atomic E-state index is -0.214. The molecule has 0 saturated carbocycles. The first-order valence-corrected chi connectivity index (χ1v) is 7.22. The molecule has 0 aromatic carbocycles. The Hall–Kier alpha value is -1.01. The molecule has 2 N–H and O–H groups in total. The van der Waals surface area contributed by atoms with Crippen LogP contribution in [0.1, 0.15) is 18.9 Å². The first kappa shape index (κ1) is 14.4. The van der Waals surface area contributed by atoms with Gasteiger partial charge in [0.1, 0.15) is 0 Å². The fraction of sp³-hybridized carbons (Fsp3) is 0.500. The van der Waals surface area contributed by atoms with Gasteiger partial charge in [0.05, 0.1) is 16.8 Å². The molecule has 0 aliphatic rings. The third kappa shape index (κ3) is 3.73. The largest absolute Gasteiger partial charge is 0.396 e. The van der Waals surface area contributed by atoms with Crippen LogP contribution in [0.25, 0.3) is 10.2 Å². The Kier molecular flexibility index (Phi) is 4.87. The Labute approximate surface area is 117 Å². The van der Waals surface area contributed by atoms with Gasteiger partial charge >= 0.3 is 0 Å². The number of fused-ring (bicyclic) bond motifs is 1. The van der Waals surface area contributed by atoms with Crippen molar-refractivity contribution < 1.29 is 9.84 Å². The molecule has 0 amide bonds. The van der Waals surface area contributed by atoms with Crippen molar-refractivity contribution in [3.8, 4) is 0 Å². The first-order valence-electron chi connectivity index (χ1n) is 6.34. The minimum absolute atomic E-state index is 0.148. The molecule has 4 nitrogen and oxygen atoms in total. The lowest BCUT2D eigenvalue weighted by Gasteiger charge is -2.29. The van der Waals surface area contributed by atoms with Gasteiger partial charge in [-0.1, -0.05) is 0 Å². The van der Waals surface area contributed by atoms with Crippen LogP contribution in [0.15, 0.2) is 23.7 Å². The van der Waals surface area contributed by atoms with Gasteiger partial charge in [0.25, 0.3) is 0 Å². The van der Waals surface area contributed by atoms with E-state index in [0.717, 1.165) is 17.6 Å². The maximum atomic E-state index is 9.13. The fourth-order valence-electron chi connectivity index (χ4n) is 2.08. The van der Waals surface area contributed by atoms with Gasteiger partial charge in [0.2, 0.25) is 0 Å². The van der Waals surface area contributed by atoms with E-state index in [2.05, 4.69) is 28.7 Å². The van der Waals surface area contributed by atoms with Crippen molar-refractivity contribution in [1.82, 2.24) is 10.3 Å². The fourth-order valence-corrected chi connectivity index (χ4v) is 2.88. The third-order valence-electron chi connectivity index (χ3n) is 3.21. The van der Waals surface area contributed by atoms with Crippen molar-refractivity contribution in [3.63, 3.8) is 0 Å². The predicted octanol–water partition coefficient (Wildman–Crippen LogP) is 2.17. The van der Waals surface area contributed by atoms with Crippen LogP contribution in [0.4, 0.5) is 0 Å². The number of rotatable bonds is 7. The van der Waals surface area contributed by atoms with Crippen molar-refractivity contribution in [2.75, 3.05) is 20.3 Å². The van der Waals surface area contributed by atoms with Gasteiger partial charge in [-0.3, -0.25) is 4.98 Å². The van der Waals surface area contributed by atoms with E-state index in [9.17, 15) is 0 Å². The van der Waals surface area contributed by atoms with E-state index in [1.165, 1.54) is 4.70 Å². The number of hydrogen-bond donors (Lipinski definition) is 2. The number of nitrogens with zero attached hydrogens (tertiary/aromatic N) is 1. The summed E-state index contributed by atoms with van der Waals surface area (Å²) in [5, 5.41) is 14.6. The van der Waals surface area contributed by atoms with Gasteiger partial charge in [-0.2, -0.15) is 0 Å². The smallest absolute Gasteiger partial charge is 0.0809 e. The van der Waals surface area contributed by atoms with Gasteiger partial charge in [0, 0.05) is 32.0 Å². The number of hydrogen-bond acceptors (Lipinski definition) is 5. The molecule has 0 bridgehead atoms. The highest BCUT2D eigenvalue weighted by molar-refractivity contribution is 7.17. The second-order valence-electron chi connectivity index (χ2n) is 4.97. The van der Waals surface area contributed by atoms with E-state index >= 15 is 0 Å². The molecule has 0 fully saturated rings. The Morgan fingerprint density at radius 2 is 2.37 bits per heavy atom. The van der Waals surface area contributed by atoms with E-state index in [4.69, 9.17) is 9.84 Å². The van der Waals surface area contributed by atoms with Crippen molar-refractivity contribution >= 4 is 21.6 Å². The normalized spacial score (nSPS) is 14.7. The summed E-state index contributed by atoms with van der Waals surface area (Å²) in [5.74, 6) is 0. The van der Waals surface area contributed by atoms with Crippen LogP contribution >= 0.6 is 11.3 Å². The molecule has 1 atom stereocenters. The number of nitrogens with one attached hydrogen (secondary N) is 1. The van der Waals surface area contributed by atoms with Crippen LogP contribution < -0.4 is 5.32 Å². The molecule has 0 spiro atoms. The minimum Gasteiger partial charge on any atom is -0.396 e. The molecule has 19 heavy (non-hydrogen) atoms. The monoisotopic (exact) mass is 280 g/mol. The third-order valence-corrected chi connectivity index (χ3v) is 4.06. The summed E-state index contributed by atoms with van der Waals surface area (Å²) in [6, 6.07) is 4.18. The summed E-state index contributed by atoms with van der Waals surface area (Å²) in [6.07, 6.45) is 2.56. The second-order valence-corrected chi connectivity index (χ2v) is 5.92. The van der Waals surface area contributed by atoms with Crippen molar-refractivity contribution in [1.29, 1.82) is 0 Å². The molecule has 0 radical (unpaired) electrons. The van der Waals surface area contributed by atoms with Gasteiger partial charge in [-0.25, -0.2) is 0 Å². The Morgan fingerprint density at radius 3 is 3.11 bits per heavy atom. The maximum Gasteiger partial charge on any atom is 0.0809 e. The molecule has 1 unspecified atom stereocenters. The molecule has 0 aliphatic carbocycles. The number of ether oxygens (including phenoxy) is 1. The van der Waals surface area contributed by atoms with E-state index < -0.39 is 0 Å². The number of aromatic nitrogens is 1. The van der Waals surface area contributed by atoms with Crippen molar-refractivity contribution in [2.24, 2.45) is 0 Å². The second kappa shape index (κ2) is 6.43. The summed E-state index contributed by atoms with van der Waals surface area (Å²) in [5.41, 5.74) is 1.98. The lowest BCUT2D eigenvalue weighted by molar-refractivity contribution is 0.0969. The Morgan fingerprint density at radius 1 is 1.53 bits per heavy atom. The predicted molar refractivity (Wildman–Crippen MR) is 78.4 cm³/mol. The van der Waals surface area contributed by atoms with Gasteiger partial charge in [-0.05, 0) is 36.4 Å². The molecule has 0 aliphatic heterocycles. The Balaban J connectivity index is 2.03. The molecule has 0 saturated heterocycles. The van der Waals surface area contributed by atoms with Gasteiger partial charge in [0.15, 0.2) is 0 Å². The van der Waals surface area contributed by atoms with Crippen molar-refractivity contribution in [2.45, 2.75) is 25.4 Å². The summed E-state index contributed by atoms with van der Waals surface area (Å²) >= 11 is 1.70. The zero-order valence-electron chi connectivity index (χ0n) is 11.3. The molecule has 104 valence electrons. The molecular weight excluding hydrogens is 260 g/mol. The number of pyridine rings is 1. The molecule has 2 aromatic rings. The summed E-state index contributed by atoms with van der Waals surface area (Å²) < 4.78 is 6.42. The molecule has 2 heterocycles. The van der Waals surface area contributed by atoms with E-state index in [1.54, 1.807) is 18.4 Å². The quantitative estimate of drug-likeness (QED) is 0.816. The number of aliphatic hydroxyl groups excluding tert-OH is 1. The number of aliphatic hydroxyl groups is 1. The molecule has 2 aromatic heterocycles. The van der Waals surface area contributed by atoms with Crippen LogP contribution in [0.5, 0.6) is 0 Å². The highest BCUT2D eigenvalue weighted by Gasteiger charge is 2.22.